The normalized spacial score (nSPS) is 12.0. The SMILES string of the molecule is COc1ccc(CCNC(=O)[C@@H](Cc2ccccc2)NC(=O)OC(C)(C)C)cc1. The maximum absolute atomic E-state index is 12.7. The lowest BCUT2D eigenvalue weighted by molar-refractivity contribution is -0.123. The zero-order chi connectivity index (χ0) is 21.3. The standard InChI is InChI=1S/C23H30N2O4/c1-23(2,3)29-22(27)25-20(16-18-8-6-5-7-9-18)21(26)24-15-14-17-10-12-19(28-4)13-11-17/h5-13,20H,14-16H2,1-4H3,(H,24,26)(H,25,27)/t20-/m1/s1. The zero-order valence-electron chi connectivity index (χ0n) is 17.5. The van der Waals surface area contributed by atoms with E-state index in [9.17, 15) is 9.59 Å². The highest BCUT2D eigenvalue weighted by molar-refractivity contribution is 5.86. The summed E-state index contributed by atoms with van der Waals surface area (Å²) in [5.41, 5.74) is 1.41. The first-order chi connectivity index (χ1) is 13.8. The molecule has 6 nitrogen and oxygen atoms in total. The van der Waals surface area contributed by atoms with Gasteiger partial charge in [-0.3, -0.25) is 4.79 Å². The molecule has 0 saturated carbocycles. The molecule has 0 bridgehead atoms. The van der Waals surface area contributed by atoms with Gasteiger partial charge in [0.15, 0.2) is 0 Å². The first-order valence-electron chi connectivity index (χ1n) is 9.71. The molecule has 0 aromatic heterocycles. The maximum atomic E-state index is 12.7. The molecule has 0 aliphatic carbocycles. The fraction of sp³-hybridized carbons (Fsp3) is 0.391. The number of ether oxygens (including phenoxy) is 2. The summed E-state index contributed by atoms with van der Waals surface area (Å²) in [5, 5.41) is 5.60. The van der Waals surface area contributed by atoms with Gasteiger partial charge in [0, 0.05) is 13.0 Å². The molecule has 2 amide bonds. The van der Waals surface area contributed by atoms with Crippen molar-refractivity contribution < 1.29 is 19.1 Å². The first-order valence-corrected chi connectivity index (χ1v) is 9.71. The van der Waals surface area contributed by atoms with Crippen molar-refractivity contribution in [2.75, 3.05) is 13.7 Å². The van der Waals surface area contributed by atoms with E-state index in [0.29, 0.717) is 19.4 Å². The number of hydrogen-bond donors (Lipinski definition) is 2. The summed E-state index contributed by atoms with van der Waals surface area (Å²) in [6, 6.07) is 16.6. The molecule has 2 N–H and O–H groups in total. The van der Waals surface area contributed by atoms with Gasteiger partial charge in [0.25, 0.3) is 0 Å². The van der Waals surface area contributed by atoms with Crippen molar-refractivity contribution in [3.05, 3.63) is 65.7 Å². The average molecular weight is 399 g/mol. The molecular weight excluding hydrogens is 368 g/mol. The summed E-state index contributed by atoms with van der Waals surface area (Å²) >= 11 is 0. The van der Waals surface area contributed by atoms with Crippen LogP contribution in [0.25, 0.3) is 0 Å². The van der Waals surface area contributed by atoms with Crippen molar-refractivity contribution in [3.63, 3.8) is 0 Å². The van der Waals surface area contributed by atoms with Crippen molar-refractivity contribution in [1.29, 1.82) is 0 Å². The number of hydrogen-bond acceptors (Lipinski definition) is 4. The van der Waals surface area contributed by atoms with E-state index in [0.717, 1.165) is 16.9 Å². The Morgan fingerprint density at radius 3 is 2.21 bits per heavy atom. The average Bonchev–Trinajstić information content (AvgIpc) is 2.67. The van der Waals surface area contributed by atoms with Gasteiger partial charge in [-0.15, -0.1) is 0 Å². The predicted molar refractivity (Wildman–Crippen MR) is 113 cm³/mol. The molecule has 2 rings (SSSR count). The molecular formula is C23H30N2O4. The Hall–Kier alpha value is -3.02. The molecule has 0 saturated heterocycles. The van der Waals surface area contributed by atoms with Gasteiger partial charge in [0.2, 0.25) is 5.91 Å². The molecule has 2 aromatic rings. The van der Waals surface area contributed by atoms with E-state index >= 15 is 0 Å². The van der Waals surface area contributed by atoms with E-state index in [1.807, 2.05) is 54.6 Å². The molecule has 1 atom stereocenters. The zero-order valence-corrected chi connectivity index (χ0v) is 17.5. The monoisotopic (exact) mass is 398 g/mol. The van der Waals surface area contributed by atoms with Gasteiger partial charge < -0.3 is 20.1 Å². The number of nitrogens with one attached hydrogen (secondary N) is 2. The van der Waals surface area contributed by atoms with Crippen LogP contribution in [-0.4, -0.2) is 37.3 Å². The van der Waals surface area contributed by atoms with Crippen LogP contribution in [0, 0.1) is 0 Å². The largest absolute Gasteiger partial charge is 0.497 e. The maximum Gasteiger partial charge on any atom is 0.408 e. The van der Waals surface area contributed by atoms with Crippen LogP contribution in [0.2, 0.25) is 0 Å². The summed E-state index contributed by atoms with van der Waals surface area (Å²) in [5.74, 6) is 0.551. The molecule has 0 unspecified atom stereocenters. The van der Waals surface area contributed by atoms with Crippen LogP contribution < -0.4 is 15.4 Å². The third-order valence-electron chi connectivity index (χ3n) is 4.16. The highest BCUT2D eigenvalue weighted by Crippen LogP contribution is 2.12. The van der Waals surface area contributed by atoms with Crippen LogP contribution in [0.5, 0.6) is 5.75 Å². The molecule has 6 heteroatoms. The Balaban J connectivity index is 1.96. The van der Waals surface area contributed by atoms with Crippen molar-refractivity contribution in [2.45, 2.75) is 45.3 Å². The highest BCUT2D eigenvalue weighted by Gasteiger charge is 2.24. The molecule has 156 valence electrons. The van der Waals surface area contributed by atoms with Gasteiger partial charge in [-0.25, -0.2) is 4.79 Å². The van der Waals surface area contributed by atoms with E-state index in [1.165, 1.54) is 0 Å². The molecule has 0 spiro atoms. The number of alkyl carbamates (subject to hydrolysis) is 1. The third kappa shape index (κ3) is 8.25. The van der Waals surface area contributed by atoms with E-state index in [-0.39, 0.29) is 5.91 Å². The van der Waals surface area contributed by atoms with Crippen molar-refractivity contribution in [1.82, 2.24) is 10.6 Å². The Labute approximate surface area is 172 Å². The van der Waals surface area contributed by atoms with Gasteiger partial charge >= 0.3 is 6.09 Å². The van der Waals surface area contributed by atoms with Crippen LogP contribution >= 0.6 is 0 Å². The lowest BCUT2D eigenvalue weighted by Crippen LogP contribution is -2.49. The quantitative estimate of drug-likeness (QED) is 0.714. The molecule has 0 heterocycles. The Morgan fingerprint density at radius 1 is 0.966 bits per heavy atom. The molecule has 0 aliphatic rings. The second-order valence-corrected chi connectivity index (χ2v) is 7.78. The van der Waals surface area contributed by atoms with E-state index < -0.39 is 17.7 Å². The Kier molecular flexibility index (Phi) is 8.07. The molecule has 0 radical (unpaired) electrons. The first kappa shape index (κ1) is 22.3. The van der Waals surface area contributed by atoms with E-state index in [1.54, 1.807) is 27.9 Å². The Morgan fingerprint density at radius 2 is 1.62 bits per heavy atom. The summed E-state index contributed by atoms with van der Waals surface area (Å²) in [4.78, 5) is 24.9. The van der Waals surface area contributed by atoms with Gasteiger partial charge in [-0.2, -0.15) is 0 Å². The lowest BCUT2D eigenvalue weighted by Gasteiger charge is -2.23. The Bertz CT molecular complexity index is 783. The molecule has 0 aliphatic heterocycles. The molecule has 2 aromatic carbocycles. The van der Waals surface area contributed by atoms with E-state index in [4.69, 9.17) is 9.47 Å². The predicted octanol–water partition coefficient (Wildman–Crippen LogP) is 3.49. The fourth-order valence-electron chi connectivity index (χ4n) is 2.75. The second kappa shape index (κ2) is 10.5. The smallest absolute Gasteiger partial charge is 0.408 e. The molecule has 0 fully saturated rings. The van der Waals surface area contributed by atoms with Crippen LogP contribution in [0.15, 0.2) is 54.6 Å². The van der Waals surface area contributed by atoms with Crippen LogP contribution in [0.4, 0.5) is 4.79 Å². The van der Waals surface area contributed by atoms with Gasteiger partial charge in [-0.1, -0.05) is 42.5 Å². The number of carbonyl (C=O) groups excluding carboxylic acids is 2. The third-order valence-corrected chi connectivity index (χ3v) is 4.16. The minimum Gasteiger partial charge on any atom is -0.497 e. The van der Waals surface area contributed by atoms with Gasteiger partial charge in [0.1, 0.15) is 17.4 Å². The topological polar surface area (TPSA) is 76.7 Å². The summed E-state index contributed by atoms with van der Waals surface area (Å²) in [6.45, 7) is 5.82. The highest BCUT2D eigenvalue weighted by atomic mass is 16.6. The summed E-state index contributed by atoms with van der Waals surface area (Å²) < 4.78 is 10.5. The minimum absolute atomic E-state index is 0.242. The van der Waals surface area contributed by atoms with Crippen molar-refractivity contribution >= 4 is 12.0 Å². The summed E-state index contributed by atoms with van der Waals surface area (Å²) in [6.07, 6.45) is 0.457. The van der Waals surface area contributed by atoms with E-state index in [2.05, 4.69) is 10.6 Å². The number of rotatable bonds is 8. The van der Waals surface area contributed by atoms with Gasteiger partial charge in [0.05, 0.1) is 7.11 Å². The fourth-order valence-corrected chi connectivity index (χ4v) is 2.75. The van der Waals surface area contributed by atoms with Crippen molar-refractivity contribution in [2.24, 2.45) is 0 Å². The minimum atomic E-state index is -0.719. The van der Waals surface area contributed by atoms with Crippen LogP contribution in [0.3, 0.4) is 0 Å². The molecule has 29 heavy (non-hydrogen) atoms. The number of carbonyl (C=O) groups is 2. The van der Waals surface area contributed by atoms with Gasteiger partial charge in [-0.05, 0) is 50.5 Å². The number of benzene rings is 2. The number of methoxy groups -OCH3 is 1. The van der Waals surface area contributed by atoms with Crippen LogP contribution in [-0.2, 0) is 22.4 Å². The second-order valence-electron chi connectivity index (χ2n) is 7.78. The lowest BCUT2D eigenvalue weighted by atomic mass is 10.1. The van der Waals surface area contributed by atoms with Crippen LogP contribution in [0.1, 0.15) is 31.9 Å². The summed E-state index contributed by atoms with van der Waals surface area (Å²) in [7, 11) is 1.62. The van der Waals surface area contributed by atoms with Crippen molar-refractivity contribution in [3.8, 4) is 5.75 Å². The number of amides is 2.